The zero-order valence-electron chi connectivity index (χ0n) is 14.7. The van der Waals surface area contributed by atoms with Gasteiger partial charge in [0.15, 0.2) is 5.65 Å². The average molecular weight is 495 g/mol. The standard InChI is InChI=1S/C18H18IN5O4/c19-11-8-10(3-4-14(11)26)9-13(16(20)28)24-17-12(2-1-6-21-17)22-18(24)23-15(27)5-7-25/h1-4,6,8,13,25-26H,5,7,9H2,(H2,20,28)(H,22,23,27). The van der Waals surface area contributed by atoms with Crippen LogP contribution >= 0.6 is 22.6 Å². The number of benzene rings is 1. The maximum atomic E-state index is 12.3. The lowest BCUT2D eigenvalue weighted by atomic mass is 10.0. The van der Waals surface area contributed by atoms with E-state index in [2.05, 4.69) is 15.3 Å². The van der Waals surface area contributed by atoms with E-state index in [1.165, 1.54) is 4.57 Å². The number of amides is 2. The van der Waals surface area contributed by atoms with Crippen LogP contribution in [-0.2, 0) is 16.0 Å². The van der Waals surface area contributed by atoms with Crippen LogP contribution in [0.15, 0.2) is 36.5 Å². The van der Waals surface area contributed by atoms with Crippen LogP contribution in [0.25, 0.3) is 11.2 Å². The largest absolute Gasteiger partial charge is 0.507 e. The third-order valence-corrected chi connectivity index (χ3v) is 4.98. The third kappa shape index (κ3) is 4.22. The molecule has 3 rings (SSSR count). The maximum absolute atomic E-state index is 12.3. The van der Waals surface area contributed by atoms with Crippen LogP contribution in [0.5, 0.6) is 5.75 Å². The van der Waals surface area contributed by atoms with Crippen molar-refractivity contribution in [3.63, 3.8) is 0 Å². The van der Waals surface area contributed by atoms with Gasteiger partial charge in [0.1, 0.15) is 17.3 Å². The summed E-state index contributed by atoms with van der Waals surface area (Å²) in [6, 6.07) is 7.53. The molecule has 0 aliphatic rings. The van der Waals surface area contributed by atoms with Crippen LogP contribution in [0, 0.1) is 3.57 Å². The summed E-state index contributed by atoms with van der Waals surface area (Å²) in [5, 5.41) is 21.3. The zero-order chi connectivity index (χ0) is 20.3. The monoisotopic (exact) mass is 495 g/mol. The number of halogens is 1. The lowest BCUT2D eigenvalue weighted by molar-refractivity contribution is -0.121. The molecular weight excluding hydrogens is 477 g/mol. The molecule has 0 aliphatic carbocycles. The van der Waals surface area contributed by atoms with Gasteiger partial charge in [-0.2, -0.15) is 0 Å². The number of aliphatic hydroxyl groups is 1. The molecule has 5 N–H and O–H groups in total. The number of hydrogen-bond donors (Lipinski definition) is 4. The first-order valence-electron chi connectivity index (χ1n) is 8.41. The van der Waals surface area contributed by atoms with Gasteiger partial charge in [-0.25, -0.2) is 9.97 Å². The highest BCUT2D eigenvalue weighted by molar-refractivity contribution is 14.1. The summed E-state index contributed by atoms with van der Waals surface area (Å²) in [4.78, 5) is 32.9. The Morgan fingerprint density at radius 1 is 1.32 bits per heavy atom. The highest BCUT2D eigenvalue weighted by Crippen LogP contribution is 2.28. The number of phenols is 1. The second-order valence-electron chi connectivity index (χ2n) is 6.08. The molecule has 1 aromatic carbocycles. The maximum Gasteiger partial charge on any atom is 0.241 e. The van der Waals surface area contributed by atoms with Gasteiger partial charge in [0.2, 0.25) is 17.8 Å². The van der Waals surface area contributed by atoms with Gasteiger partial charge in [-0.3, -0.25) is 19.5 Å². The SMILES string of the molecule is NC(=O)C(Cc1ccc(O)c(I)c1)n1c(NC(=O)CCO)nc2cccnc21. The highest BCUT2D eigenvalue weighted by Gasteiger charge is 2.26. The zero-order valence-corrected chi connectivity index (χ0v) is 16.8. The van der Waals surface area contributed by atoms with Crippen molar-refractivity contribution >= 4 is 51.5 Å². The summed E-state index contributed by atoms with van der Waals surface area (Å²) in [6.45, 7) is -0.310. The van der Waals surface area contributed by atoms with Gasteiger partial charge in [0.05, 0.1) is 16.6 Å². The molecule has 9 nitrogen and oxygen atoms in total. The normalized spacial score (nSPS) is 12.1. The Bertz CT molecular complexity index is 1040. The highest BCUT2D eigenvalue weighted by atomic mass is 127. The second kappa shape index (κ2) is 8.52. The molecule has 28 heavy (non-hydrogen) atoms. The Morgan fingerprint density at radius 3 is 2.79 bits per heavy atom. The number of hydrogen-bond acceptors (Lipinski definition) is 6. The fourth-order valence-electron chi connectivity index (χ4n) is 2.82. The Hall–Kier alpha value is -2.73. The first-order valence-corrected chi connectivity index (χ1v) is 9.49. The molecule has 0 aliphatic heterocycles. The molecule has 0 fully saturated rings. The lowest BCUT2D eigenvalue weighted by Crippen LogP contribution is -2.30. The van der Waals surface area contributed by atoms with Crippen LogP contribution in [0.1, 0.15) is 18.0 Å². The fourth-order valence-corrected chi connectivity index (χ4v) is 3.40. The van der Waals surface area contributed by atoms with Crippen molar-refractivity contribution in [1.29, 1.82) is 0 Å². The molecule has 10 heteroatoms. The van der Waals surface area contributed by atoms with E-state index in [0.29, 0.717) is 14.7 Å². The minimum atomic E-state index is -0.871. The minimum Gasteiger partial charge on any atom is -0.507 e. The predicted octanol–water partition coefficient (Wildman–Crippen LogP) is 1.33. The van der Waals surface area contributed by atoms with E-state index >= 15 is 0 Å². The van der Waals surface area contributed by atoms with E-state index in [4.69, 9.17) is 10.8 Å². The van der Waals surface area contributed by atoms with Crippen LogP contribution in [0.4, 0.5) is 5.95 Å². The smallest absolute Gasteiger partial charge is 0.241 e. The van der Waals surface area contributed by atoms with Gasteiger partial charge in [-0.1, -0.05) is 6.07 Å². The van der Waals surface area contributed by atoms with Crippen molar-refractivity contribution in [2.75, 3.05) is 11.9 Å². The Kier molecular flexibility index (Phi) is 6.09. The number of nitrogens with zero attached hydrogens (tertiary/aromatic N) is 3. The fraction of sp³-hybridized carbons (Fsp3) is 0.222. The summed E-state index contributed by atoms with van der Waals surface area (Å²) < 4.78 is 2.13. The number of primary amides is 1. The number of carbonyl (C=O) groups is 2. The number of fused-ring (bicyclic) bond motifs is 1. The van der Waals surface area contributed by atoms with Gasteiger partial charge in [-0.15, -0.1) is 0 Å². The molecule has 2 heterocycles. The number of aliphatic hydroxyl groups excluding tert-OH is 1. The van der Waals surface area contributed by atoms with E-state index in [0.717, 1.165) is 5.56 Å². The Morgan fingerprint density at radius 2 is 2.11 bits per heavy atom. The number of anilines is 1. The molecule has 1 unspecified atom stereocenters. The number of imidazole rings is 1. The van der Waals surface area contributed by atoms with Crippen molar-refractivity contribution in [2.45, 2.75) is 18.9 Å². The van der Waals surface area contributed by atoms with Crippen molar-refractivity contribution in [1.82, 2.24) is 14.5 Å². The first-order chi connectivity index (χ1) is 13.4. The lowest BCUT2D eigenvalue weighted by Gasteiger charge is -2.19. The van der Waals surface area contributed by atoms with Crippen LogP contribution in [0.3, 0.4) is 0 Å². The van der Waals surface area contributed by atoms with Gasteiger partial charge in [0, 0.05) is 12.6 Å². The summed E-state index contributed by atoms with van der Waals surface area (Å²) in [7, 11) is 0. The number of aromatic hydroxyl groups is 1. The number of carbonyl (C=O) groups excluding carboxylic acids is 2. The summed E-state index contributed by atoms with van der Waals surface area (Å²) in [5.74, 6) is -0.789. The molecule has 0 saturated heterocycles. The molecule has 146 valence electrons. The van der Waals surface area contributed by atoms with Crippen LogP contribution < -0.4 is 11.1 Å². The van der Waals surface area contributed by atoms with Gasteiger partial charge in [-0.05, 0) is 52.4 Å². The van der Waals surface area contributed by atoms with E-state index in [-0.39, 0.29) is 31.1 Å². The molecule has 0 bridgehead atoms. The van der Waals surface area contributed by atoms with E-state index in [1.807, 2.05) is 22.6 Å². The quantitative estimate of drug-likeness (QED) is 0.365. The number of pyridine rings is 1. The summed E-state index contributed by atoms with van der Waals surface area (Å²) >= 11 is 2.00. The minimum absolute atomic E-state index is 0.103. The molecule has 3 aromatic rings. The molecule has 2 amide bonds. The van der Waals surface area contributed by atoms with Gasteiger partial charge < -0.3 is 15.9 Å². The van der Waals surface area contributed by atoms with E-state index < -0.39 is 17.9 Å². The number of aromatic nitrogens is 3. The average Bonchev–Trinajstić information content (AvgIpc) is 3.00. The number of nitrogens with one attached hydrogen (secondary N) is 1. The van der Waals surface area contributed by atoms with Crippen molar-refractivity contribution in [3.8, 4) is 5.75 Å². The number of nitrogens with two attached hydrogens (primary N) is 1. The molecule has 0 saturated carbocycles. The molecule has 0 radical (unpaired) electrons. The topological polar surface area (TPSA) is 143 Å². The van der Waals surface area contributed by atoms with Crippen LogP contribution in [0.2, 0.25) is 0 Å². The van der Waals surface area contributed by atoms with Crippen LogP contribution in [-0.4, -0.2) is 43.2 Å². The number of rotatable bonds is 7. The predicted molar refractivity (Wildman–Crippen MR) is 111 cm³/mol. The third-order valence-electron chi connectivity index (χ3n) is 4.12. The molecular formula is C18H18IN5O4. The van der Waals surface area contributed by atoms with E-state index in [9.17, 15) is 14.7 Å². The Balaban J connectivity index is 2.07. The van der Waals surface area contributed by atoms with E-state index in [1.54, 1.807) is 36.5 Å². The van der Waals surface area contributed by atoms with Crippen molar-refractivity contribution < 1.29 is 19.8 Å². The molecule has 2 aromatic heterocycles. The first kappa shape index (κ1) is 20.0. The molecule has 0 spiro atoms. The summed E-state index contributed by atoms with van der Waals surface area (Å²) in [5.41, 5.74) is 7.34. The second-order valence-corrected chi connectivity index (χ2v) is 7.24. The van der Waals surface area contributed by atoms with Crippen molar-refractivity contribution in [3.05, 3.63) is 45.7 Å². The van der Waals surface area contributed by atoms with Gasteiger partial charge >= 0.3 is 0 Å². The Labute approximate surface area is 173 Å². The van der Waals surface area contributed by atoms with Crippen molar-refractivity contribution in [2.24, 2.45) is 5.73 Å². The van der Waals surface area contributed by atoms with Gasteiger partial charge in [0.25, 0.3) is 0 Å². The summed E-state index contributed by atoms with van der Waals surface area (Å²) in [6.07, 6.45) is 1.67. The molecule has 1 atom stereocenters. The number of phenolic OH excluding ortho intramolecular Hbond substituents is 1.